The minimum absolute atomic E-state index is 0.0845. The van der Waals surface area contributed by atoms with E-state index in [1.54, 1.807) is 24.2 Å². The van der Waals surface area contributed by atoms with Gasteiger partial charge >= 0.3 is 12.1 Å². The fourth-order valence-electron chi connectivity index (χ4n) is 2.82. The van der Waals surface area contributed by atoms with Gasteiger partial charge in [0.05, 0.1) is 14.9 Å². The molecule has 0 bridgehead atoms. The molecule has 0 radical (unpaired) electrons. The summed E-state index contributed by atoms with van der Waals surface area (Å²) in [6.45, 7) is 1.17. The highest BCUT2D eigenvalue weighted by Crippen LogP contribution is 2.34. The van der Waals surface area contributed by atoms with E-state index in [4.69, 9.17) is 11.6 Å². The Hall–Kier alpha value is -2.32. The van der Waals surface area contributed by atoms with Crippen LogP contribution in [-0.2, 0) is 0 Å². The van der Waals surface area contributed by atoms with E-state index in [2.05, 4.69) is 20.9 Å². The van der Waals surface area contributed by atoms with E-state index in [0.29, 0.717) is 28.8 Å². The Labute approximate surface area is 160 Å². The van der Waals surface area contributed by atoms with Crippen LogP contribution in [0.15, 0.2) is 30.5 Å². The number of aromatic nitrogens is 1. The van der Waals surface area contributed by atoms with Crippen molar-refractivity contribution in [3.63, 3.8) is 0 Å². The number of nitrogens with one attached hydrogen (secondary N) is 3. The maximum Gasteiger partial charge on any atom is 0.321 e. The molecule has 0 atom stereocenters. The Bertz CT molecular complexity index is 789. The topological polar surface area (TPSA) is 86.4 Å². The average Bonchev–Trinajstić information content (AvgIpc) is 3.08. The summed E-state index contributed by atoms with van der Waals surface area (Å²) in [5, 5.41) is 8.37. The summed E-state index contributed by atoms with van der Waals surface area (Å²) >= 11 is 7.43. The van der Waals surface area contributed by atoms with Gasteiger partial charge in [0.25, 0.3) is 0 Å². The molecule has 0 aromatic carbocycles. The van der Waals surface area contributed by atoms with Crippen molar-refractivity contribution in [3.05, 3.63) is 34.8 Å². The first-order chi connectivity index (χ1) is 12.6. The zero-order valence-electron chi connectivity index (χ0n) is 14.3. The fraction of sp³-hybridized carbons (Fsp3) is 0.353. The molecule has 3 N–H and O–H groups in total. The lowest BCUT2D eigenvalue weighted by molar-refractivity contribution is 0.188. The number of pyridine rings is 1. The quantitative estimate of drug-likeness (QED) is 0.747. The van der Waals surface area contributed by atoms with Crippen molar-refractivity contribution in [1.82, 2.24) is 20.5 Å². The van der Waals surface area contributed by atoms with Gasteiger partial charge in [0.15, 0.2) is 0 Å². The second-order valence-electron chi connectivity index (χ2n) is 5.92. The van der Waals surface area contributed by atoms with Crippen molar-refractivity contribution in [2.24, 2.45) is 0 Å². The highest BCUT2D eigenvalue weighted by atomic mass is 35.5. The Balaban J connectivity index is 1.62. The molecule has 3 heterocycles. The number of piperidine rings is 1. The zero-order valence-corrected chi connectivity index (χ0v) is 15.9. The van der Waals surface area contributed by atoms with E-state index in [9.17, 15) is 9.59 Å². The predicted molar refractivity (Wildman–Crippen MR) is 104 cm³/mol. The molecule has 0 spiro atoms. The molecule has 0 saturated carbocycles. The number of amides is 4. The van der Waals surface area contributed by atoms with Gasteiger partial charge in [-0.05, 0) is 37.1 Å². The molecule has 9 heteroatoms. The first-order valence-electron chi connectivity index (χ1n) is 8.31. The van der Waals surface area contributed by atoms with Crippen molar-refractivity contribution in [2.75, 3.05) is 25.5 Å². The Morgan fingerprint density at radius 1 is 1.27 bits per heavy atom. The number of nitrogens with zero attached hydrogens (tertiary/aromatic N) is 2. The number of carbonyl (C=O) groups excluding carboxylic acids is 2. The molecule has 3 rings (SSSR count). The van der Waals surface area contributed by atoms with Gasteiger partial charge in [0, 0.05) is 32.4 Å². The maximum atomic E-state index is 12.6. The first kappa shape index (κ1) is 18.5. The summed E-state index contributed by atoms with van der Waals surface area (Å²) in [6, 6.07) is 7.04. The lowest BCUT2D eigenvalue weighted by Crippen LogP contribution is -2.49. The Kier molecular flexibility index (Phi) is 5.95. The molecule has 1 fully saturated rings. The smallest absolute Gasteiger partial charge is 0.321 e. The molecule has 1 aliphatic rings. The number of rotatable bonds is 3. The highest BCUT2D eigenvalue weighted by Gasteiger charge is 2.24. The first-order valence-corrected chi connectivity index (χ1v) is 9.51. The number of carbonyl (C=O) groups is 2. The van der Waals surface area contributed by atoms with Gasteiger partial charge in [-0.1, -0.05) is 11.6 Å². The Morgan fingerprint density at radius 3 is 2.69 bits per heavy atom. The number of anilines is 1. The van der Waals surface area contributed by atoms with E-state index in [-0.39, 0.29) is 18.1 Å². The van der Waals surface area contributed by atoms with Crippen LogP contribution in [0.2, 0.25) is 4.34 Å². The Morgan fingerprint density at radius 2 is 2.04 bits per heavy atom. The molecule has 26 heavy (non-hydrogen) atoms. The van der Waals surface area contributed by atoms with Crippen LogP contribution >= 0.6 is 22.9 Å². The molecule has 0 aliphatic carbocycles. The van der Waals surface area contributed by atoms with Gasteiger partial charge in [-0.3, -0.25) is 4.98 Å². The van der Waals surface area contributed by atoms with Gasteiger partial charge in [0.1, 0.15) is 5.69 Å². The van der Waals surface area contributed by atoms with Crippen LogP contribution in [0.3, 0.4) is 0 Å². The van der Waals surface area contributed by atoms with Gasteiger partial charge in [-0.15, -0.1) is 11.3 Å². The number of likely N-dealkylation sites (tertiary alicyclic amines) is 1. The van der Waals surface area contributed by atoms with Crippen molar-refractivity contribution in [2.45, 2.75) is 18.9 Å². The van der Waals surface area contributed by atoms with E-state index >= 15 is 0 Å². The monoisotopic (exact) mass is 393 g/mol. The number of hydrogen-bond donors (Lipinski definition) is 3. The van der Waals surface area contributed by atoms with Crippen LogP contribution in [-0.4, -0.2) is 48.1 Å². The molecular formula is C17H20ClN5O2S. The molecule has 2 aromatic heterocycles. The molecule has 138 valence electrons. The van der Waals surface area contributed by atoms with Crippen molar-refractivity contribution in [1.29, 1.82) is 0 Å². The SMILES string of the molecule is CNC(=O)NC1CCN(C(=O)Nc2cccnc2-c2ccc(Cl)s2)CC1. The molecule has 2 aromatic rings. The van der Waals surface area contributed by atoms with Crippen LogP contribution in [0.5, 0.6) is 0 Å². The van der Waals surface area contributed by atoms with E-state index in [1.807, 2.05) is 18.2 Å². The molecule has 1 saturated heterocycles. The van der Waals surface area contributed by atoms with Crippen LogP contribution in [0.25, 0.3) is 10.6 Å². The van der Waals surface area contributed by atoms with E-state index < -0.39 is 0 Å². The molecule has 0 unspecified atom stereocenters. The standard InChI is InChI=1S/C17H20ClN5O2S/c1-19-16(24)21-11-6-9-23(10-7-11)17(25)22-12-3-2-8-20-15(12)13-4-5-14(18)26-13/h2-5,8,11H,6-7,9-10H2,1H3,(H,22,25)(H2,19,21,24). The summed E-state index contributed by atoms with van der Waals surface area (Å²) in [5.41, 5.74) is 1.36. The second-order valence-corrected chi connectivity index (χ2v) is 7.63. The number of urea groups is 2. The largest absolute Gasteiger partial charge is 0.341 e. The molecule has 1 aliphatic heterocycles. The van der Waals surface area contributed by atoms with E-state index in [0.717, 1.165) is 17.7 Å². The van der Waals surface area contributed by atoms with Crippen LogP contribution in [0, 0.1) is 0 Å². The minimum Gasteiger partial charge on any atom is -0.341 e. The lowest BCUT2D eigenvalue weighted by Gasteiger charge is -2.32. The lowest BCUT2D eigenvalue weighted by atomic mass is 10.1. The van der Waals surface area contributed by atoms with Gasteiger partial charge in [0.2, 0.25) is 0 Å². The second kappa shape index (κ2) is 8.37. The summed E-state index contributed by atoms with van der Waals surface area (Å²) in [6.07, 6.45) is 3.14. The summed E-state index contributed by atoms with van der Waals surface area (Å²) in [7, 11) is 1.59. The fourth-order valence-corrected chi connectivity index (χ4v) is 3.88. The highest BCUT2D eigenvalue weighted by molar-refractivity contribution is 7.19. The van der Waals surface area contributed by atoms with Crippen LogP contribution in [0.4, 0.5) is 15.3 Å². The summed E-state index contributed by atoms with van der Waals surface area (Å²) < 4.78 is 0.675. The van der Waals surface area contributed by atoms with Crippen LogP contribution in [0.1, 0.15) is 12.8 Å². The molecule has 4 amide bonds. The molecular weight excluding hydrogens is 374 g/mol. The predicted octanol–water partition coefficient (Wildman–Crippen LogP) is 3.39. The van der Waals surface area contributed by atoms with Crippen molar-refractivity contribution >= 4 is 40.7 Å². The zero-order chi connectivity index (χ0) is 18.5. The third kappa shape index (κ3) is 4.44. The minimum atomic E-state index is -0.192. The van der Waals surface area contributed by atoms with Crippen molar-refractivity contribution < 1.29 is 9.59 Å². The van der Waals surface area contributed by atoms with E-state index in [1.165, 1.54) is 11.3 Å². The van der Waals surface area contributed by atoms with Gasteiger partial charge in [-0.25, -0.2) is 9.59 Å². The third-order valence-electron chi connectivity index (χ3n) is 4.20. The van der Waals surface area contributed by atoms with Gasteiger partial charge < -0.3 is 20.9 Å². The van der Waals surface area contributed by atoms with Crippen molar-refractivity contribution in [3.8, 4) is 10.6 Å². The maximum absolute atomic E-state index is 12.6. The number of hydrogen-bond acceptors (Lipinski definition) is 4. The average molecular weight is 394 g/mol. The normalized spacial score (nSPS) is 14.8. The molecule has 7 nitrogen and oxygen atoms in total. The van der Waals surface area contributed by atoms with Gasteiger partial charge in [-0.2, -0.15) is 0 Å². The summed E-state index contributed by atoms with van der Waals surface area (Å²) in [4.78, 5) is 31.0. The number of thiophene rings is 1. The number of halogens is 1. The van der Waals surface area contributed by atoms with Crippen LogP contribution < -0.4 is 16.0 Å². The third-order valence-corrected chi connectivity index (χ3v) is 5.44. The summed E-state index contributed by atoms with van der Waals surface area (Å²) in [5.74, 6) is 0.